The molecule has 1 saturated heterocycles. The van der Waals surface area contributed by atoms with Gasteiger partial charge in [0.25, 0.3) is 5.91 Å². The Kier molecular flexibility index (Phi) is 10.1. The second kappa shape index (κ2) is 11.5. The molecule has 0 unspecified atom stereocenters. The molecule has 0 spiro atoms. The number of likely N-dealkylation sites (tertiary alicyclic amines) is 1. The van der Waals surface area contributed by atoms with Crippen molar-refractivity contribution in [1.29, 1.82) is 0 Å². The minimum absolute atomic E-state index is 0. The van der Waals surface area contributed by atoms with Crippen molar-refractivity contribution in [2.45, 2.75) is 26.4 Å². The molecule has 8 heteroatoms. The van der Waals surface area contributed by atoms with E-state index in [4.69, 9.17) is 4.74 Å². The van der Waals surface area contributed by atoms with Gasteiger partial charge in [-0.05, 0) is 57.5 Å². The maximum absolute atomic E-state index is 12.7. The molecule has 1 aliphatic heterocycles. The van der Waals surface area contributed by atoms with Gasteiger partial charge in [-0.2, -0.15) is 0 Å². The van der Waals surface area contributed by atoms with Crippen molar-refractivity contribution in [2.24, 2.45) is 5.92 Å². The molecule has 1 aromatic heterocycles. The van der Waals surface area contributed by atoms with Crippen molar-refractivity contribution in [3.05, 3.63) is 45.9 Å². The SMILES string of the molecule is CNCC1CCN(C(=O)c2cccc(OCc3csc(C)n3)c2)CC1.Cl.Cl. The summed E-state index contributed by atoms with van der Waals surface area (Å²) in [6, 6.07) is 7.46. The summed E-state index contributed by atoms with van der Waals surface area (Å²) in [4.78, 5) is 19.1. The van der Waals surface area contributed by atoms with Crippen molar-refractivity contribution in [3.63, 3.8) is 0 Å². The molecule has 0 aliphatic carbocycles. The molecule has 3 rings (SSSR count). The Labute approximate surface area is 177 Å². The van der Waals surface area contributed by atoms with E-state index in [9.17, 15) is 4.79 Å². The van der Waals surface area contributed by atoms with E-state index in [1.807, 2.05) is 48.5 Å². The average molecular weight is 432 g/mol. The maximum atomic E-state index is 12.7. The first-order valence-electron chi connectivity index (χ1n) is 8.73. The fourth-order valence-corrected chi connectivity index (χ4v) is 3.76. The van der Waals surface area contributed by atoms with Gasteiger partial charge in [0.2, 0.25) is 0 Å². The highest BCUT2D eigenvalue weighted by Crippen LogP contribution is 2.21. The van der Waals surface area contributed by atoms with Crippen LogP contribution in [-0.4, -0.2) is 42.5 Å². The number of halogens is 2. The van der Waals surface area contributed by atoms with Crippen LogP contribution in [-0.2, 0) is 6.61 Å². The van der Waals surface area contributed by atoms with Crippen molar-refractivity contribution in [1.82, 2.24) is 15.2 Å². The van der Waals surface area contributed by atoms with E-state index in [1.165, 1.54) is 0 Å². The number of hydrogen-bond acceptors (Lipinski definition) is 5. The topological polar surface area (TPSA) is 54.5 Å². The number of rotatable bonds is 6. The summed E-state index contributed by atoms with van der Waals surface area (Å²) < 4.78 is 5.80. The molecule has 1 aromatic carbocycles. The molecule has 0 radical (unpaired) electrons. The maximum Gasteiger partial charge on any atom is 0.253 e. The second-order valence-electron chi connectivity index (χ2n) is 6.47. The predicted octanol–water partition coefficient (Wildman–Crippen LogP) is 3.95. The molecular weight excluding hydrogens is 405 g/mol. The molecule has 1 N–H and O–H groups in total. The number of carbonyl (C=O) groups is 1. The lowest BCUT2D eigenvalue weighted by molar-refractivity contribution is 0.0690. The van der Waals surface area contributed by atoms with Crippen LogP contribution in [0.2, 0.25) is 0 Å². The zero-order chi connectivity index (χ0) is 17.6. The Balaban J connectivity index is 0.00000182. The van der Waals surface area contributed by atoms with E-state index in [2.05, 4.69) is 10.3 Å². The van der Waals surface area contributed by atoms with Gasteiger partial charge < -0.3 is 15.0 Å². The van der Waals surface area contributed by atoms with Crippen LogP contribution in [0.4, 0.5) is 0 Å². The Bertz CT molecular complexity index is 718. The molecule has 150 valence electrons. The number of nitrogens with one attached hydrogen (secondary N) is 1. The Morgan fingerprint density at radius 1 is 1.33 bits per heavy atom. The summed E-state index contributed by atoms with van der Waals surface area (Å²) in [5, 5.41) is 6.26. The van der Waals surface area contributed by atoms with Crippen molar-refractivity contribution in [2.75, 3.05) is 26.7 Å². The first kappa shape index (κ1) is 23.7. The number of hydrogen-bond donors (Lipinski definition) is 1. The zero-order valence-corrected chi connectivity index (χ0v) is 18.1. The highest BCUT2D eigenvalue weighted by molar-refractivity contribution is 7.09. The van der Waals surface area contributed by atoms with Crippen LogP contribution in [0.1, 0.15) is 33.9 Å². The number of ether oxygens (including phenoxy) is 1. The minimum Gasteiger partial charge on any atom is -0.487 e. The second-order valence-corrected chi connectivity index (χ2v) is 7.53. The first-order valence-corrected chi connectivity index (χ1v) is 9.61. The van der Waals surface area contributed by atoms with Crippen LogP contribution in [0.25, 0.3) is 0 Å². The van der Waals surface area contributed by atoms with Gasteiger partial charge in [-0.25, -0.2) is 4.98 Å². The fraction of sp³-hybridized carbons (Fsp3) is 0.474. The van der Waals surface area contributed by atoms with Gasteiger partial charge in [-0.1, -0.05) is 6.07 Å². The number of aryl methyl sites for hydroxylation is 1. The molecular formula is C19H27Cl2N3O2S. The van der Waals surface area contributed by atoms with Gasteiger partial charge in [0.05, 0.1) is 10.7 Å². The van der Waals surface area contributed by atoms with Gasteiger partial charge >= 0.3 is 0 Å². The van der Waals surface area contributed by atoms with Gasteiger partial charge in [0.15, 0.2) is 0 Å². The molecule has 0 bridgehead atoms. The average Bonchev–Trinajstić information content (AvgIpc) is 3.06. The summed E-state index contributed by atoms with van der Waals surface area (Å²) >= 11 is 1.61. The molecule has 2 heterocycles. The van der Waals surface area contributed by atoms with Crippen LogP contribution in [0.15, 0.2) is 29.6 Å². The third kappa shape index (κ3) is 6.64. The lowest BCUT2D eigenvalue weighted by Crippen LogP contribution is -2.40. The van der Waals surface area contributed by atoms with Gasteiger partial charge in [-0.3, -0.25) is 4.79 Å². The Hall–Kier alpha value is -1.34. The van der Waals surface area contributed by atoms with Gasteiger partial charge in [-0.15, -0.1) is 36.2 Å². The quantitative estimate of drug-likeness (QED) is 0.751. The van der Waals surface area contributed by atoms with Crippen LogP contribution >= 0.6 is 36.2 Å². The predicted molar refractivity (Wildman–Crippen MR) is 115 cm³/mol. The largest absolute Gasteiger partial charge is 0.487 e. The summed E-state index contributed by atoms with van der Waals surface area (Å²) in [5.41, 5.74) is 1.62. The van der Waals surface area contributed by atoms with Gasteiger partial charge in [0.1, 0.15) is 12.4 Å². The number of amides is 1. The highest BCUT2D eigenvalue weighted by Gasteiger charge is 2.23. The summed E-state index contributed by atoms with van der Waals surface area (Å²) in [7, 11) is 1.98. The molecule has 0 atom stereocenters. The van der Waals surface area contributed by atoms with Crippen LogP contribution in [0.5, 0.6) is 5.75 Å². The van der Waals surface area contributed by atoms with Crippen LogP contribution < -0.4 is 10.1 Å². The monoisotopic (exact) mass is 431 g/mol. The number of carbonyl (C=O) groups excluding carboxylic acids is 1. The number of piperidine rings is 1. The number of aromatic nitrogens is 1. The molecule has 1 amide bonds. The fourth-order valence-electron chi connectivity index (χ4n) is 3.16. The number of benzene rings is 1. The molecule has 1 aliphatic rings. The lowest BCUT2D eigenvalue weighted by atomic mass is 9.96. The zero-order valence-electron chi connectivity index (χ0n) is 15.6. The van der Waals surface area contributed by atoms with Crippen LogP contribution in [0.3, 0.4) is 0 Å². The van der Waals surface area contributed by atoms with Crippen LogP contribution in [0, 0.1) is 12.8 Å². The minimum atomic E-state index is 0. The lowest BCUT2D eigenvalue weighted by Gasteiger charge is -2.32. The van der Waals surface area contributed by atoms with E-state index in [0.29, 0.717) is 23.8 Å². The van der Waals surface area contributed by atoms with Crippen molar-refractivity contribution >= 4 is 42.1 Å². The van der Waals surface area contributed by atoms with E-state index in [0.717, 1.165) is 43.2 Å². The number of thiazole rings is 1. The van der Waals surface area contributed by atoms with Gasteiger partial charge in [0, 0.05) is 24.0 Å². The molecule has 27 heavy (non-hydrogen) atoms. The molecule has 2 aromatic rings. The van der Waals surface area contributed by atoms with E-state index < -0.39 is 0 Å². The van der Waals surface area contributed by atoms with E-state index in [-0.39, 0.29) is 30.7 Å². The first-order chi connectivity index (χ1) is 12.2. The summed E-state index contributed by atoms with van der Waals surface area (Å²) in [6.07, 6.45) is 2.12. The van der Waals surface area contributed by atoms with Crippen molar-refractivity contribution in [3.8, 4) is 5.75 Å². The highest BCUT2D eigenvalue weighted by atomic mass is 35.5. The third-order valence-electron chi connectivity index (χ3n) is 4.53. The summed E-state index contributed by atoms with van der Waals surface area (Å²) in [6.45, 7) is 5.09. The molecule has 0 saturated carbocycles. The molecule has 1 fully saturated rings. The number of nitrogens with zero attached hydrogens (tertiary/aromatic N) is 2. The Morgan fingerprint density at radius 3 is 2.70 bits per heavy atom. The standard InChI is InChI=1S/C19H25N3O2S.2ClH/c1-14-21-17(13-25-14)12-24-18-5-3-4-16(10-18)19(23)22-8-6-15(7-9-22)11-20-2;;/h3-5,10,13,15,20H,6-9,11-12H2,1-2H3;2*1H. The Morgan fingerprint density at radius 2 is 2.07 bits per heavy atom. The summed E-state index contributed by atoms with van der Waals surface area (Å²) in [5.74, 6) is 1.48. The van der Waals surface area contributed by atoms with Crippen molar-refractivity contribution < 1.29 is 9.53 Å². The smallest absolute Gasteiger partial charge is 0.253 e. The molecule has 5 nitrogen and oxygen atoms in total. The van der Waals surface area contributed by atoms with E-state index >= 15 is 0 Å². The van der Waals surface area contributed by atoms with E-state index in [1.54, 1.807) is 11.3 Å². The third-order valence-corrected chi connectivity index (χ3v) is 5.35. The normalized spacial score (nSPS) is 14.2.